The van der Waals surface area contributed by atoms with Crippen molar-refractivity contribution in [1.82, 2.24) is 9.78 Å². The second kappa shape index (κ2) is 7.86. The Bertz CT molecular complexity index is 1020. The number of hydrogen-bond donors (Lipinski definition) is 1. The van der Waals surface area contributed by atoms with Crippen LogP contribution in [0.4, 0.5) is 5.69 Å². The van der Waals surface area contributed by atoms with E-state index in [0.29, 0.717) is 17.1 Å². The van der Waals surface area contributed by atoms with Crippen molar-refractivity contribution < 1.29 is 9.53 Å². The first-order valence-corrected chi connectivity index (χ1v) is 8.58. The molecule has 27 heavy (non-hydrogen) atoms. The van der Waals surface area contributed by atoms with Gasteiger partial charge < -0.3 is 10.1 Å². The van der Waals surface area contributed by atoms with Gasteiger partial charge >= 0.3 is 0 Å². The highest BCUT2D eigenvalue weighted by molar-refractivity contribution is 5.92. The predicted octanol–water partition coefficient (Wildman–Crippen LogP) is 3.08. The molecule has 6 heteroatoms. The maximum atomic E-state index is 12.1. The third-order valence-electron chi connectivity index (χ3n) is 4.34. The molecule has 138 valence electrons. The van der Waals surface area contributed by atoms with E-state index >= 15 is 0 Å². The molecule has 0 saturated carbocycles. The van der Waals surface area contributed by atoms with Crippen molar-refractivity contribution >= 4 is 11.6 Å². The summed E-state index contributed by atoms with van der Waals surface area (Å²) >= 11 is 0. The summed E-state index contributed by atoms with van der Waals surface area (Å²) in [6, 6.07) is 16.2. The van der Waals surface area contributed by atoms with Crippen LogP contribution in [0.1, 0.15) is 11.1 Å². The molecule has 0 spiro atoms. The number of ether oxygens (including phenoxy) is 1. The molecule has 0 saturated heterocycles. The standard InChI is InChI=1S/C21H21N3O3/c1-14-5-4-6-19(15(14)2)27-13-20(25)22-17-9-7-16(8-10-17)18-11-12-21(26)24(3)23-18/h4-12H,13H2,1-3H3,(H,22,25). The second-order valence-electron chi connectivity index (χ2n) is 6.29. The van der Waals surface area contributed by atoms with Crippen molar-refractivity contribution in [2.75, 3.05) is 11.9 Å². The number of aryl methyl sites for hydroxylation is 2. The average molecular weight is 363 g/mol. The molecule has 3 aromatic rings. The van der Waals surface area contributed by atoms with Gasteiger partial charge in [0, 0.05) is 24.4 Å². The molecule has 2 aromatic carbocycles. The lowest BCUT2D eigenvalue weighted by atomic mass is 10.1. The molecule has 0 bridgehead atoms. The normalized spacial score (nSPS) is 10.5. The molecule has 1 aromatic heterocycles. The van der Waals surface area contributed by atoms with E-state index in [0.717, 1.165) is 16.7 Å². The highest BCUT2D eigenvalue weighted by Crippen LogP contribution is 2.21. The van der Waals surface area contributed by atoms with E-state index in [4.69, 9.17) is 4.74 Å². The quantitative estimate of drug-likeness (QED) is 0.756. The molecule has 0 aliphatic heterocycles. The lowest BCUT2D eigenvalue weighted by Gasteiger charge is -2.11. The molecule has 0 aliphatic rings. The third-order valence-corrected chi connectivity index (χ3v) is 4.34. The van der Waals surface area contributed by atoms with Crippen molar-refractivity contribution in [3.05, 3.63) is 76.1 Å². The molecule has 0 radical (unpaired) electrons. The van der Waals surface area contributed by atoms with E-state index in [2.05, 4.69) is 10.4 Å². The lowest BCUT2D eigenvalue weighted by Crippen LogP contribution is -2.20. The zero-order valence-electron chi connectivity index (χ0n) is 15.5. The van der Waals surface area contributed by atoms with Gasteiger partial charge in [0.05, 0.1) is 5.69 Å². The maximum Gasteiger partial charge on any atom is 0.266 e. The van der Waals surface area contributed by atoms with Crippen LogP contribution >= 0.6 is 0 Å². The molecule has 1 N–H and O–H groups in total. The Morgan fingerprint density at radius 3 is 2.52 bits per heavy atom. The Morgan fingerprint density at radius 1 is 1.07 bits per heavy atom. The molecule has 1 heterocycles. The Kier molecular flexibility index (Phi) is 5.35. The number of nitrogens with zero attached hydrogens (tertiary/aromatic N) is 2. The number of amides is 1. The van der Waals surface area contributed by atoms with Crippen molar-refractivity contribution in [2.24, 2.45) is 7.05 Å². The summed E-state index contributed by atoms with van der Waals surface area (Å²) in [7, 11) is 1.61. The van der Waals surface area contributed by atoms with Gasteiger partial charge in [-0.05, 0) is 49.2 Å². The molecular formula is C21H21N3O3. The Balaban J connectivity index is 1.62. The van der Waals surface area contributed by atoms with Crippen molar-refractivity contribution in [2.45, 2.75) is 13.8 Å². The van der Waals surface area contributed by atoms with Crippen LogP contribution in [-0.4, -0.2) is 22.3 Å². The summed E-state index contributed by atoms with van der Waals surface area (Å²) in [6.45, 7) is 3.91. The summed E-state index contributed by atoms with van der Waals surface area (Å²) in [5.41, 5.74) is 4.20. The highest BCUT2D eigenvalue weighted by Gasteiger charge is 2.07. The van der Waals surface area contributed by atoms with Gasteiger partial charge in [-0.25, -0.2) is 4.68 Å². The first kappa shape index (κ1) is 18.4. The number of carbonyl (C=O) groups is 1. The van der Waals surface area contributed by atoms with E-state index in [1.165, 1.54) is 10.7 Å². The second-order valence-corrected chi connectivity index (χ2v) is 6.29. The summed E-state index contributed by atoms with van der Waals surface area (Å²) in [4.78, 5) is 23.6. The van der Waals surface area contributed by atoms with Gasteiger partial charge in [-0.1, -0.05) is 24.3 Å². The Hall–Kier alpha value is -3.41. The summed E-state index contributed by atoms with van der Waals surface area (Å²) in [5.74, 6) is 0.477. The van der Waals surface area contributed by atoms with Crippen molar-refractivity contribution in [3.8, 4) is 17.0 Å². The van der Waals surface area contributed by atoms with Crippen LogP contribution in [0.25, 0.3) is 11.3 Å². The van der Waals surface area contributed by atoms with Gasteiger partial charge in [0.1, 0.15) is 5.75 Å². The van der Waals surface area contributed by atoms with Gasteiger partial charge in [-0.3, -0.25) is 9.59 Å². The van der Waals surface area contributed by atoms with Gasteiger partial charge in [0.15, 0.2) is 6.61 Å². The molecular weight excluding hydrogens is 342 g/mol. The third kappa shape index (κ3) is 4.41. The minimum Gasteiger partial charge on any atom is -0.483 e. The van der Waals surface area contributed by atoms with Gasteiger partial charge in [-0.15, -0.1) is 0 Å². The number of carbonyl (C=O) groups excluding carboxylic acids is 1. The minimum absolute atomic E-state index is 0.0611. The van der Waals surface area contributed by atoms with E-state index in [-0.39, 0.29) is 18.1 Å². The number of aromatic nitrogens is 2. The highest BCUT2D eigenvalue weighted by atomic mass is 16.5. The fraction of sp³-hybridized carbons (Fsp3) is 0.190. The van der Waals surface area contributed by atoms with Crippen molar-refractivity contribution in [3.63, 3.8) is 0 Å². The zero-order chi connectivity index (χ0) is 19.4. The molecule has 0 unspecified atom stereocenters. The van der Waals surface area contributed by atoms with Gasteiger partial charge in [0.25, 0.3) is 11.5 Å². The number of anilines is 1. The fourth-order valence-corrected chi connectivity index (χ4v) is 2.60. The number of nitrogens with one attached hydrogen (secondary N) is 1. The van der Waals surface area contributed by atoms with Crippen LogP contribution in [0.3, 0.4) is 0 Å². The first-order valence-electron chi connectivity index (χ1n) is 8.58. The Morgan fingerprint density at radius 2 is 1.81 bits per heavy atom. The van der Waals surface area contributed by atoms with E-state index < -0.39 is 0 Å². The molecule has 1 amide bonds. The van der Waals surface area contributed by atoms with E-state index in [1.54, 1.807) is 25.2 Å². The van der Waals surface area contributed by atoms with Crippen LogP contribution in [-0.2, 0) is 11.8 Å². The van der Waals surface area contributed by atoms with Crippen LogP contribution in [0.15, 0.2) is 59.4 Å². The van der Waals surface area contributed by atoms with Crippen LogP contribution in [0.2, 0.25) is 0 Å². The van der Waals surface area contributed by atoms with Crippen LogP contribution in [0.5, 0.6) is 5.75 Å². The topological polar surface area (TPSA) is 73.2 Å². The lowest BCUT2D eigenvalue weighted by molar-refractivity contribution is -0.118. The first-order chi connectivity index (χ1) is 12.9. The summed E-state index contributed by atoms with van der Waals surface area (Å²) < 4.78 is 6.90. The van der Waals surface area contributed by atoms with Crippen molar-refractivity contribution in [1.29, 1.82) is 0 Å². The summed E-state index contributed by atoms with van der Waals surface area (Å²) in [5, 5.41) is 7.01. The Labute approximate surface area is 157 Å². The van der Waals surface area contributed by atoms with Crippen LogP contribution in [0, 0.1) is 13.8 Å². The van der Waals surface area contributed by atoms with Gasteiger partial charge in [-0.2, -0.15) is 5.10 Å². The number of rotatable bonds is 5. The number of hydrogen-bond acceptors (Lipinski definition) is 4. The van der Waals surface area contributed by atoms with E-state index in [9.17, 15) is 9.59 Å². The maximum absolute atomic E-state index is 12.1. The molecule has 0 atom stereocenters. The predicted molar refractivity (Wildman–Crippen MR) is 105 cm³/mol. The molecule has 0 fully saturated rings. The average Bonchev–Trinajstić information content (AvgIpc) is 2.66. The zero-order valence-corrected chi connectivity index (χ0v) is 15.5. The van der Waals surface area contributed by atoms with Gasteiger partial charge in [0.2, 0.25) is 0 Å². The smallest absolute Gasteiger partial charge is 0.266 e. The largest absolute Gasteiger partial charge is 0.483 e. The molecule has 3 rings (SSSR count). The molecule has 6 nitrogen and oxygen atoms in total. The fourth-order valence-electron chi connectivity index (χ4n) is 2.60. The van der Waals surface area contributed by atoms with Crippen LogP contribution < -0.4 is 15.6 Å². The minimum atomic E-state index is -0.233. The summed E-state index contributed by atoms with van der Waals surface area (Å²) in [6.07, 6.45) is 0. The van der Waals surface area contributed by atoms with E-state index in [1.807, 2.05) is 44.2 Å². The molecule has 0 aliphatic carbocycles. The SMILES string of the molecule is Cc1cccc(OCC(=O)Nc2ccc(-c3ccc(=O)n(C)n3)cc2)c1C. The number of benzene rings is 2. The monoisotopic (exact) mass is 363 g/mol.